The van der Waals surface area contributed by atoms with E-state index in [2.05, 4.69) is 5.10 Å². The molecule has 0 aliphatic carbocycles. The molecule has 0 atom stereocenters. The van der Waals surface area contributed by atoms with Gasteiger partial charge in [-0.3, -0.25) is 5.01 Å². The van der Waals surface area contributed by atoms with Gasteiger partial charge >= 0.3 is 0 Å². The second-order valence-corrected chi connectivity index (χ2v) is 3.10. The molecule has 0 N–H and O–H groups in total. The van der Waals surface area contributed by atoms with Crippen LogP contribution in [0.2, 0.25) is 0 Å². The first kappa shape index (κ1) is 10.1. The van der Waals surface area contributed by atoms with Crippen LogP contribution in [0.3, 0.4) is 0 Å². The van der Waals surface area contributed by atoms with E-state index in [1.807, 2.05) is 48.6 Å². The van der Waals surface area contributed by atoms with Crippen molar-refractivity contribution in [2.75, 3.05) is 19.5 Å². The maximum absolute atomic E-state index is 5.56. The molecule has 1 aromatic rings. The predicted molar refractivity (Wildman–Crippen MR) is 57.4 cm³/mol. The van der Waals surface area contributed by atoms with Crippen molar-refractivity contribution >= 4 is 17.8 Å². The van der Waals surface area contributed by atoms with Gasteiger partial charge in [0.25, 0.3) is 0 Å². The Kier molecular flexibility index (Phi) is 4.33. The van der Waals surface area contributed by atoms with Gasteiger partial charge in [0.2, 0.25) is 0 Å². The Morgan fingerprint density at radius 2 is 2.08 bits per heavy atom. The fraction of sp³-hybridized carbons (Fsp3) is 0.300. The topological polar surface area (TPSA) is 15.6 Å². The van der Waals surface area contributed by atoms with Crippen molar-refractivity contribution in [3.05, 3.63) is 35.9 Å². The lowest BCUT2D eigenvalue weighted by molar-refractivity contribution is 0.380. The third-order valence-corrected chi connectivity index (χ3v) is 1.78. The molecule has 0 unspecified atom stereocenters. The molecule has 0 aliphatic heterocycles. The summed E-state index contributed by atoms with van der Waals surface area (Å²) in [6.07, 6.45) is 1.83. The molecule has 13 heavy (non-hydrogen) atoms. The molecule has 0 heterocycles. The Morgan fingerprint density at radius 1 is 1.38 bits per heavy atom. The van der Waals surface area contributed by atoms with Crippen LogP contribution < -0.4 is 0 Å². The number of rotatable bonds is 4. The fourth-order valence-corrected chi connectivity index (χ4v) is 1.13. The first-order valence-corrected chi connectivity index (χ1v) is 4.72. The van der Waals surface area contributed by atoms with Crippen LogP contribution in [-0.4, -0.2) is 30.7 Å². The van der Waals surface area contributed by atoms with Gasteiger partial charge in [0.1, 0.15) is 0 Å². The van der Waals surface area contributed by atoms with Crippen molar-refractivity contribution in [3.63, 3.8) is 0 Å². The second-order valence-electron chi connectivity index (χ2n) is 2.73. The van der Waals surface area contributed by atoms with Crippen LogP contribution >= 0.6 is 11.6 Å². The van der Waals surface area contributed by atoms with Crippen LogP contribution in [-0.2, 0) is 0 Å². The quantitative estimate of drug-likeness (QED) is 0.410. The van der Waals surface area contributed by atoms with Crippen molar-refractivity contribution in [3.8, 4) is 0 Å². The van der Waals surface area contributed by atoms with Crippen LogP contribution in [0, 0.1) is 0 Å². The van der Waals surface area contributed by atoms with E-state index >= 15 is 0 Å². The molecule has 0 fully saturated rings. The van der Waals surface area contributed by atoms with Crippen LogP contribution in [0.4, 0.5) is 0 Å². The Bertz CT molecular complexity index is 259. The van der Waals surface area contributed by atoms with Gasteiger partial charge in [0.15, 0.2) is 0 Å². The van der Waals surface area contributed by atoms with Crippen molar-refractivity contribution in [1.82, 2.24) is 5.01 Å². The molecular formula is C10H13ClN2. The Hall–Kier alpha value is -1.02. The average Bonchev–Trinajstić information content (AvgIpc) is 2.17. The number of hydrogen-bond donors (Lipinski definition) is 0. The number of hydrogen-bond acceptors (Lipinski definition) is 2. The fourth-order valence-electron chi connectivity index (χ4n) is 0.884. The molecule has 1 aromatic carbocycles. The van der Waals surface area contributed by atoms with Gasteiger partial charge in [0, 0.05) is 19.5 Å². The summed E-state index contributed by atoms with van der Waals surface area (Å²) in [4.78, 5) is 0. The van der Waals surface area contributed by atoms with Crippen molar-refractivity contribution in [2.24, 2.45) is 5.10 Å². The maximum Gasteiger partial charge on any atom is 0.0542 e. The molecule has 1 rings (SSSR count). The van der Waals surface area contributed by atoms with E-state index in [0.717, 1.165) is 12.1 Å². The van der Waals surface area contributed by atoms with Crippen molar-refractivity contribution in [2.45, 2.75) is 0 Å². The highest BCUT2D eigenvalue weighted by molar-refractivity contribution is 6.18. The van der Waals surface area contributed by atoms with Gasteiger partial charge < -0.3 is 0 Å². The van der Waals surface area contributed by atoms with Crippen LogP contribution in [0.5, 0.6) is 0 Å². The summed E-state index contributed by atoms with van der Waals surface area (Å²) in [5.74, 6) is 0.600. The average molecular weight is 197 g/mol. The molecule has 0 aromatic heterocycles. The van der Waals surface area contributed by atoms with E-state index in [1.54, 1.807) is 0 Å². The minimum Gasteiger partial charge on any atom is -0.299 e. The normalized spacial score (nSPS) is 10.6. The summed E-state index contributed by atoms with van der Waals surface area (Å²) in [5, 5.41) is 6.03. The highest BCUT2D eigenvalue weighted by atomic mass is 35.5. The van der Waals surface area contributed by atoms with E-state index in [4.69, 9.17) is 11.6 Å². The molecule has 2 nitrogen and oxygen atoms in total. The molecule has 0 bridgehead atoms. The number of benzene rings is 1. The molecule has 0 amide bonds. The summed E-state index contributed by atoms with van der Waals surface area (Å²) in [6.45, 7) is 0.769. The number of hydrazone groups is 1. The zero-order chi connectivity index (χ0) is 9.52. The summed E-state index contributed by atoms with van der Waals surface area (Å²) in [6, 6.07) is 9.99. The molecule has 0 radical (unpaired) electrons. The van der Waals surface area contributed by atoms with E-state index in [0.29, 0.717) is 5.88 Å². The molecule has 0 spiro atoms. The first-order chi connectivity index (χ1) is 6.33. The van der Waals surface area contributed by atoms with Gasteiger partial charge in [0.05, 0.1) is 6.21 Å². The Morgan fingerprint density at radius 3 is 2.69 bits per heavy atom. The summed E-state index contributed by atoms with van der Waals surface area (Å²) >= 11 is 5.56. The van der Waals surface area contributed by atoms with Crippen molar-refractivity contribution in [1.29, 1.82) is 0 Å². The van der Waals surface area contributed by atoms with Crippen LogP contribution in [0.15, 0.2) is 35.4 Å². The van der Waals surface area contributed by atoms with Gasteiger partial charge in [-0.2, -0.15) is 5.10 Å². The summed E-state index contributed by atoms with van der Waals surface area (Å²) in [7, 11) is 1.90. The SMILES string of the molecule is CN(CCCl)/N=C/c1ccccc1. The first-order valence-electron chi connectivity index (χ1n) is 4.19. The minimum absolute atomic E-state index is 0.600. The van der Waals surface area contributed by atoms with Crippen molar-refractivity contribution < 1.29 is 0 Å². The summed E-state index contributed by atoms with van der Waals surface area (Å²) < 4.78 is 0. The molecule has 0 saturated heterocycles. The van der Waals surface area contributed by atoms with Gasteiger partial charge in [-0.1, -0.05) is 30.3 Å². The van der Waals surface area contributed by atoms with Crippen LogP contribution in [0.25, 0.3) is 0 Å². The smallest absolute Gasteiger partial charge is 0.0542 e. The monoisotopic (exact) mass is 196 g/mol. The van der Waals surface area contributed by atoms with Crippen LogP contribution in [0.1, 0.15) is 5.56 Å². The number of nitrogens with zero attached hydrogens (tertiary/aromatic N) is 2. The second kappa shape index (κ2) is 5.60. The predicted octanol–water partition coefficient (Wildman–Crippen LogP) is 2.19. The summed E-state index contributed by atoms with van der Waals surface area (Å²) in [5.41, 5.74) is 1.10. The van der Waals surface area contributed by atoms with Gasteiger partial charge in [-0.15, -0.1) is 11.6 Å². The molecule has 0 aliphatic rings. The molecule has 3 heteroatoms. The lowest BCUT2D eigenvalue weighted by atomic mass is 10.2. The maximum atomic E-state index is 5.56. The Balaban J connectivity index is 2.49. The molecular weight excluding hydrogens is 184 g/mol. The van der Waals surface area contributed by atoms with E-state index < -0.39 is 0 Å². The Labute approximate surface area is 83.8 Å². The van der Waals surface area contributed by atoms with E-state index in [-0.39, 0.29) is 0 Å². The number of halogens is 1. The molecule has 70 valence electrons. The zero-order valence-corrected chi connectivity index (χ0v) is 8.41. The number of alkyl halides is 1. The standard InChI is InChI=1S/C10H13ClN2/c1-13(8-7-11)12-9-10-5-3-2-4-6-10/h2-6,9H,7-8H2,1H3/b12-9+. The molecule has 0 saturated carbocycles. The largest absolute Gasteiger partial charge is 0.299 e. The van der Waals surface area contributed by atoms with Gasteiger partial charge in [-0.25, -0.2) is 0 Å². The third kappa shape index (κ3) is 3.95. The lowest BCUT2D eigenvalue weighted by Crippen LogP contribution is -2.13. The highest BCUT2D eigenvalue weighted by Crippen LogP contribution is 1.95. The lowest BCUT2D eigenvalue weighted by Gasteiger charge is -2.09. The highest BCUT2D eigenvalue weighted by Gasteiger charge is 1.89. The van der Waals surface area contributed by atoms with E-state index in [1.165, 1.54) is 0 Å². The minimum atomic E-state index is 0.600. The zero-order valence-electron chi connectivity index (χ0n) is 7.65. The van der Waals surface area contributed by atoms with E-state index in [9.17, 15) is 0 Å². The third-order valence-electron chi connectivity index (χ3n) is 1.61. The van der Waals surface area contributed by atoms with Gasteiger partial charge in [-0.05, 0) is 5.56 Å².